The molecular formula is C24H27N5OS. The van der Waals surface area contributed by atoms with Crippen LogP contribution in [-0.2, 0) is 11.3 Å². The minimum atomic E-state index is 0.0566. The average molecular weight is 434 g/mol. The van der Waals surface area contributed by atoms with Crippen LogP contribution >= 0.6 is 11.3 Å². The molecular weight excluding hydrogens is 406 g/mol. The van der Waals surface area contributed by atoms with E-state index in [4.69, 9.17) is 9.98 Å². The number of nitrogens with zero attached hydrogens (tertiary/aromatic N) is 2. The van der Waals surface area contributed by atoms with Gasteiger partial charge >= 0.3 is 0 Å². The molecule has 3 N–H and O–H groups in total. The first-order chi connectivity index (χ1) is 15.1. The molecule has 0 aliphatic carbocycles. The van der Waals surface area contributed by atoms with Crippen LogP contribution in [0.15, 0.2) is 59.6 Å². The third-order valence-electron chi connectivity index (χ3n) is 5.26. The zero-order valence-electron chi connectivity index (χ0n) is 17.8. The van der Waals surface area contributed by atoms with Crippen LogP contribution in [0.25, 0.3) is 10.6 Å². The van der Waals surface area contributed by atoms with E-state index in [-0.39, 0.29) is 11.8 Å². The highest BCUT2D eigenvalue weighted by Crippen LogP contribution is 2.31. The summed E-state index contributed by atoms with van der Waals surface area (Å²) in [6.07, 6.45) is 0.470. The van der Waals surface area contributed by atoms with Crippen molar-refractivity contribution < 1.29 is 4.79 Å². The Kier molecular flexibility index (Phi) is 6.62. The Balaban J connectivity index is 1.45. The van der Waals surface area contributed by atoms with Crippen LogP contribution in [0.3, 0.4) is 0 Å². The van der Waals surface area contributed by atoms with Crippen LogP contribution in [0.1, 0.15) is 35.4 Å². The Labute approximate surface area is 186 Å². The zero-order valence-corrected chi connectivity index (χ0v) is 18.6. The molecule has 4 rings (SSSR count). The Bertz CT molecular complexity index is 1080. The van der Waals surface area contributed by atoms with Crippen LogP contribution in [-0.4, -0.2) is 29.9 Å². The van der Waals surface area contributed by atoms with Crippen molar-refractivity contribution in [3.8, 4) is 10.6 Å². The monoisotopic (exact) mass is 433 g/mol. The smallest absolute Gasteiger partial charge is 0.225 e. The summed E-state index contributed by atoms with van der Waals surface area (Å²) in [5.74, 6) is 0.921. The number of amides is 1. The van der Waals surface area contributed by atoms with Gasteiger partial charge in [-0.2, -0.15) is 0 Å². The number of anilines is 1. The second-order valence-corrected chi connectivity index (χ2v) is 8.59. The van der Waals surface area contributed by atoms with E-state index in [0.717, 1.165) is 44.9 Å². The van der Waals surface area contributed by atoms with E-state index in [1.807, 2.05) is 50.2 Å². The lowest BCUT2D eigenvalue weighted by molar-refractivity contribution is -0.116. The SMILES string of the molecule is CCNC(=NCc1sc(-c2ccccc2)nc1C)NCC1CC(=O)Nc2ccccc21. The van der Waals surface area contributed by atoms with Gasteiger partial charge in [0.15, 0.2) is 5.96 Å². The number of carbonyl (C=O) groups excluding carboxylic acids is 1. The zero-order chi connectivity index (χ0) is 21.6. The lowest BCUT2D eigenvalue weighted by Crippen LogP contribution is -2.40. The molecule has 2 aromatic carbocycles. The van der Waals surface area contributed by atoms with Crippen molar-refractivity contribution in [1.82, 2.24) is 15.6 Å². The number of rotatable bonds is 6. The minimum absolute atomic E-state index is 0.0566. The third-order valence-corrected chi connectivity index (χ3v) is 6.45. The molecule has 1 atom stereocenters. The number of para-hydroxylation sites is 1. The van der Waals surface area contributed by atoms with Gasteiger partial charge in [-0.1, -0.05) is 48.5 Å². The van der Waals surface area contributed by atoms with E-state index in [0.29, 0.717) is 19.5 Å². The first-order valence-electron chi connectivity index (χ1n) is 10.6. The van der Waals surface area contributed by atoms with E-state index in [1.165, 1.54) is 0 Å². The highest BCUT2D eigenvalue weighted by Gasteiger charge is 2.24. The number of fused-ring (bicyclic) bond motifs is 1. The van der Waals surface area contributed by atoms with Gasteiger partial charge in [-0.05, 0) is 25.5 Å². The van der Waals surface area contributed by atoms with Crippen LogP contribution in [0.5, 0.6) is 0 Å². The lowest BCUT2D eigenvalue weighted by atomic mass is 9.90. The van der Waals surface area contributed by atoms with Crippen molar-refractivity contribution in [3.05, 3.63) is 70.7 Å². The second-order valence-electron chi connectivity index (χ2n) is 7.51. The molecule has 1 unspecified atom stereocenters. The normalized spacial score (nSPS) is 15.9. The predicted octanol–water partition coefficient (Wildman–Crippen LogP) is 4.30. The number of aliphatic imine (C=N–C) groups is 1. The first-order valence-corrected chi connectivity index (χ1v) is 11.4. The van der Waals surface area contributed by atoms with Gasteiger partial charge in [-0.15, -0.1) is 11.3 Å². The maximum absolute atomic E-state index is 12.1. The molecule has 1 aromatic heterocycles. The number of thiazole rings is 1. The maximum Gasteiger partial charge on any atom is 0.225 e. The summed E-state index contributed by atoms with van der Waals surface area (Å²) in [4.78, 5) is 22.7. The molecule has 1 aliphatic heterocycles. The van der Waals surface area contributed by atoms with Crippen molar-refractivity contribution in [2.24, 2.45) is 4.99 Å². The summed E-state index contributed by atoms with van der Waals surface area (Å²) >= 11 is 1.68. The Morgan fingerprint density at radius 3 is 2.74 bits per heavy atom. The Hall–Kier alpha value is -3.19. The van der Waals surface area contributed by atoms with Gasteiger partial charge in [0.1, 0.15) is 5.01 Å². The van der Waals surface area contributed by atoms with Gasteiger partial charge in [0.25, 0.3) is 0 Å². The standard InChI is InChI=1S/C24H27N5OS/c1-3-25-24(26-14-18-13-22(30)29-20-12-8-7-11-19(18)20)27-15-21-16(2)28-23(31-21)17-9-5-4-6-10-17/h4-12,18H,3,13-15H2,1-2H3,(H,29,30)(H2,25,26,27). The highest BCUT2D eigenvalue weighted by molar-refractivity contribution is 7.15. The fraction of sp³-hybridized carbons (Fsp3) is 0.292. The van der Waals surface area contributed by atoms with Crippen molar-refractivity contribution in [3.63, 3.8) is 0 Å². The molecule has 3 aromatic rings. The maximum atomic E-state index is 12.1. The molecule has 6 nitrogen and oxygen atoms in total. The number of aryl methyl sites for hydroxylation is 1. The molecule has 31 heavy (non-hydrogen) atoms. The van der Waals surface area contributed by atoms with Crippen molar-refractivity contribution in [2.75, 3.05) is 18.4 Å². The van der Waals surface area contributed by atoms with Gasteiger partial charge in [0.05, 0.1) is 12.2 Å². The van der Waals surface area contributed by atoms with Gasteiger partial charge in [-0.3, -0.25) is 4.79 Å². The van der Waals surface area contributed by atoms with E-state index >= 15 is 0 Å². The van der Waals surface area contributed by atoms with Crippen LogP contribution in [0, 0.1) is 6.92 Å². The molecule has 0 saturated heterocycles. The summed E-state index contributed by atoms with van der Waals surface area (Å²) in [6.45, 7) is 6.06. The first kappa shape index (κ1) is 21.1. The van der Waals surface area contributed by atoms with Crippen LogP contribution in [0.2, 0.25) is 0 Å². The molecule has 160 valence electrons. The number of aromatic nitrogens is 1. The number of nitrogens with one attached hydrogen (secondary N) is 3. The molecule has 0 spiro atoms. The minimum Gasteiger partial charge on any atom is -0.357 e. The molecule has 0 fully saturated rings. The molecule has 0 bridgehead atoms. The number of guanidine groups is 1. The summed E-state index contributed by atoms with van der Waals surface area (Å²) in [5.41, 5.74) is 4.21. The molecule has 0 saturated carbocycles. The summed E-state index contributed by atoms with van der Waals surface area (Å²) in [7, 11) is 0. The predicted molar refractivity (Wildman–Crippen MR) is 128 cm³/mol. The van der Waals surface area contributed by atoms with Gasteiger partial charge in [0.2, 0.25) is 5.91 Å². The van der Waals surface area contributed by atoms with E-state index < -0.39 is 0 Å². The van der Waals surface area contributed by atoms with Gasteiger partial charge < -0.3 is 16.0 Å². The second kappa shape index (κ2) is 9.75. The lowest BCUT2D eigenvalue weighted by Gasteiger charge is -2.26. The Morgan fingerprint density at radius 1 is 1.16 bits per heavy atom. The van der Waals surface area contributed by atoms with Crippen LogP contribution in [0.4, 0.5) is 5.69 Å². The highest BCUT2D eigenvalue weighted by atomic mass is 32.1. The summed E-state index contributed by atoms with van der Waals surface area (Å²) < 4.78 is 0. The van der Waals surface area contributed by atoms with Crippen molar-refractivity contribution in [2.45, 2.75) is 32.7 Å². The van der Waals surface area contributed by atoms with Gasteiger partial charge in [-0.25, -0.2) is 9.98 Å². The molecule has 0 radical (unpaired) electrons. The number of hydrogen-bond donors (Lipinski definition) is 3. The topological polar surface area (TPSA) is 78.4 Å². The number of hydrogen-bond acceptors (Lipinski definition) is 4. The van der Waals surface area contributed by atoms with E-state index in [1.54, 1.807) is 11.3 Å². The average Bonchev–Trinajstić information content (AvgIpc) is 3.16. The van der Waals surface area contributed by atoms with Crippen molar-refractivity contribution >= 4 is 28.9 Å². The molecule has 7 heteroatoms. The van der Waals surface area contributed by atoms with Crippen molar-refractivity contribution in [1.29, 1.82) is 0 Å². The fourth-order valence-corrected chi connectivity index (χ4v) is 4.67. The largest absolute Gasteiger partial charge is 0.357 e. The molecule has 1 amide bonds. The quantitative estimate of drug-likeness (QED) is 0.400. The fourth-order valence-electron chi connectivity index (χ4n) is 3.68. The molecule has 1 aliphatic rings. The molecule has 2 heterocycles. The Morgan fingerprint density at radius 2 is 1.94 bits per heavy atom. The van der Waals surface area contributed by atoms with E-state index in [9.17, 15) is 4.79 Å². The van der Waals surface area contributed by atoms with E-state index in [2.05, 4.69) is 34.1 Å². The number of carbonyl (C=O) groups is 1. The summed E-state index contributed by atoms with van der Waals surface area (Å²) in [5, 5.41) is 10.7. The number of benzene rings is 2. The summed E-state index contributed by atoms with van der Waals surface area (Å²) in [6, 6.07) is 18.2. The third kappa shape index (κ3) is 5.11. The van der Waals surface area contributed by atoms with Crippen LogP contribution < -0.4 is 16.0 Å². The van der Waals surface area contributed by atoms with Gasteiger partial charge in [0, 0.05) is 41.6 Å².